The second-order valence-corrected chi connectivity index (χ2v) is 6.67. The number of amides is 2. The third kappa shape index (κ3) is 3.35. The maximum atomic E-state index is 14.2. The Morgan fingerprint density at radius 1 is 1.28 bits per heavy atom. The van der Waals surface area contributed by atoms with Crippen LogP contribution in [0.3, 0.4) is 0 Å². The van der Waals surface area contributed by atoms with Gasteiger partial charge in [-0.25, -0.2) is 4.39 Å². The summed E-state index contributed by atoms with van der Waals surface area (Å²) >= 11 is 0. The van der Waals surface area contributed by atoms with E-state index in [1.165, 1.54) is 25.2 Å². The summed E-state index contributed by atoms with van der Waals surface area (Å²) in [6.45, 7) is 0.109. The van der Waals surface area contributed by atoms with Gasteiger partial charge in [-0.3, -0.25) is 19.6 Å². The quantitative estimate of drug-likeness (QED) is 0.689. The minimum absolute atomic E-state index is 0.00705. The zero-order valence-corrected chi connectivity index (χ0v) is 15.9. The zero-order valence-electron chi connectivity index (χ0n) is 15.9. The zero-order chi connectivity index (χ0) is 20.5. The monoisotopic (exact) mass is 398 g/mol. The maximum absolute atomic E-state index is 14.2. The molecule has 4 rings (SSSR count). The van der Waals surface area contributed by atoms with Gasteiger partial charge in [0.05, 0.1) is 36.7 Å². The summed E-state index contributed by atoms with van der Waals surface area (Å²) in [5.74, 6) is -0.468. The molecule has 0 bridgehead atoms. The fourth-order valence-electron chi connectivity index (χ4n) is 3.43. The third-order valence-corrected chi connectivity index (χ3v) is 4.94. The molecule has 0 aliphatic carbocycles. The van der Waals surface area contributed by atoms with Crippen LogP contribution < -0.4 is 19.7 Å². The van der Waals surface area contributed by atoms with Crippen molar-refractivity contribution in [3.05, 3.63) is 42.2 Å². The van der Waals surface area contributed by atoms with Gasteiger partial charge in [0.25, 0.3) is 0 Å². The van der Waals surface area contributed by atoms with Crippen LogP contribution in [0, 0.1) is 11.7 Å². The molecule has 2 amide bonds. The molecule has 9 heteroatoms. The maximum Gasteiger partial charge on any atom is 0.229 e. The summed E-state index contributed by atoms with van der Waals surface area (Å²) in [7, 11) is 3.02. The van der Waals surface area contributed by atoms with Gasteiger partial charge in [-0.15, -0.1) is 0 Å². The molecule has 3 aromatic rings. The number of benzene rings is 2. The number of aromatic amines is 1. The van der Waals surface area contributed by atoms with E-state index >= 15 is 0 Å². The van der Waals surface area contributed by atoms with E-state index in [4.69, 9.17) is 9.47 Å². The number of ether oxygens (including phenoxy) is 2. The molecule has 1 aliphatic heterocycles. The lowest BCUT2D eigenvalue weighted by Gasteiger charge is -2.15. The Hall–Kier alpha value is -3.62. The molecule has 2 N–H and O–H groups in total. The molecule has 8 nitrogen and oxygen atoms in total. The van der Waals surface area contributed by atoms with Crippen LogP contribution in [0.25, 0.3) is 10.9 Å². The largest absolute Gasteiger partial charge is 0.497 e. The summed E-state index contributed by atoms with van der Waals surface area (Å²) in [6.07, 6.45) is 0.00705. The Kier molecular flexibility index (Phi) is 4.79. The smallest absolute Gasteiger partial charge is 0.229 e. The number of nitrogens with zero attached hydrogens (tertiary/aromatic N) is 2. The Morgan fingerprint density at radius 3 is 2.86 bits per heavy atom. The van der Waals surface area contributed by atoms with E-state index in [-0.39, 0.29) is 36.0 Å². The van der Waals surface area contributed by atoms with Crippen molar-refractivity contribution in [2.75, 3.05) is 31.0 Å². The summed E-state index contributed by atoms with van der Waals surface area (Å²) < 4.78 is 24.7. The van der Waals surface area contributed by atoms with Crippen molar-refractivity contribution < 1.29 is 23.5 Å². The average Bonchev–Trinajstić information content (AvgIpc) is 3.32. The Balaban J connectivity index is 1.54. The number of nitrogens with one attached hydrogen (secondary N) is 2. The number of methoxy groups -OCH3 is 2. The molecule has 0 unspecified atom stereocenters. The van der Waals surface area contributed by atoms with Crippen LogP contribution >= 0.6 is 0 Å². The molecule has 0 saturated carbocycles. The SMILES string of the molecule is COc1ccc(NC(=O)[C@H]2CC(=O)N(c3n[nH]c4cccc(F)c34)C2)c(OC)c1. The lowest BCUT2D eigenvalue weighted by atomic mass is 10.1. The first kappa shape index (κ1) is 18.7. The van der Waals surface area contributed by atoms with Crippen molar-refractivity contribution in [3.8, 4) is 11.5 Å². The minimum atomic E-state index is -0.604. The molecule has 1 saturated heterocycles. The van der Waals surface area contributed by atoms with Gasteiger partial charge < -0.3 is 14.8 Å². The molecule has 2 aromatic carbocycles. The van der Waals surface area contributed by atoms with Crippen LogP contribution in [0.2, 0.25) is 0 Å². The molecule has 0 spiro atoms. The van der Waals surface area contributed by atoms with Crippen LogP contribution in [0.5, 0.6) is 11.5 Å². The van der Waals surface area contributed by atoms with Crippen LogP contribution in [-0.4, -0.2) is 42.8 Å². The second-order valence-electron chi connectivity index (χ2n) is 6.67. The number of hydrogen-bond acceptors (Lipinski definition) is 5. The lowest BCUT2D eigenvalue weighted by molar-refractivity contribution is -0.122. The first-order valence-corrected chi connectivity index (χ1v) is 8.97. The fourth-order valence-corrected chi connectivity index (χ4v) is 3.43. The first-order valence-electron chi connectivity index (χ1n) is 8.97. The number of fused-ring (bicyclic) bond motifs is 1. The van der Waals surface area contributed by atoms with Gasteiger partial charge >= 0.3 is 0 Å². The molecule has 1 atom stereocenters. The molecule has 1 fully saturated rings. The first-order chi connectivity index (χ1) is 14.0. The number of aromatic nitrogens is 2. The van der Waals surface area contributed by atoms with Crippen molar-refractivity contribution in [2.45, 2.75) is 6.42 Å². The van der Waals surface area contributed by atoms with E-state index in [2.05, 4.69) is 15.5 Å². The van der Waals surface area contributed by atoms with E-state index in [9.17, 15) is 14.0 Å². The molecular formula is C20H19FN4O4. The Morgan fingerprint density at radius 2 is 2.10 bits per heavy atom. The van der Waals surface area contributed by atoms with Gasteiger partial charge in [0.1, 0.15) is 17.3 Å². The van der Waals surface area contributed by atoms with Crippen molar-refractivity contribution in [1.82, 2.24) is 10.2 Å². The number of carbonyl (C=O) groups is 2. The number of hydrogen-bond donors (Lipinski definition) is 2. The molecule has 1 aliphatic rings. The van der Waals surface area contributed by atoms with Crippen LogP contribution in [0.4, 0.5) is 15.9 Å². The highest BCUT2D eigenvalue weighted by Crippen LogP contribution is 2.33. The molecule has 1 aromatic heterocycles. The average molecular weight is 398 g/mol. The third-order valence-electron chi connectivity index (χ3n) is 4.94. The minimum Gasteiger partial charge on any atom is -0.497 e. The van der Waals surface area contributed by atoms with Crippen LogP contribution in [0.15, 0.2) is 36.4 Å². The van der Waals surface area contributed by atoms with Gasteiger partial charge in [-0.05, 0) is 24.3 Å². The van der Waals surface area contributed by atoms with Crippen LogP contribution in [-0.2, 0) is 9.59 Å². The van der Waals surface area contributed by atoms with E-state index in [1.54, 1.807) is 30.3 Å². The Labute approximate surface area is 165 Å². The van der Waals surface area contributed by atoms with Crippen LogP contribution in [0.1, 0.15) is 6.42 Å². The van der Waals surface area contributed by atoms with Gasteiger partial charge in [0.2, 0.25) is 11.8 Å². The van der Waals surface area contributed by atoms with Gasteiger partial charge in [0.15, 0.2) is 5.82 Å². The van der Waals surface area contributed by atoms with Crippen molar-refractivity contribution in [1.29, 1.82) is 0 Å². The number of rotatable bonds is 5. The van der Waals surface area contributed by atoms with E-state index < -0.39 is 11.7 Å². The summed E-state index contributed by atoms with van der Waals surface area (Å²) in [5, 5.41) is 9.83. The van der Waals surface area contributed by atoms with Crippen molar-refractivity contribution >= 4 is 34.2 Å². The summed E-state index contributed by atoms with van der Waals surface area (Å²) in [6, 6.07) is 9.56. The predicted octanol–water partition coefficient (Wildman–Crippen LogP) is 2.71. The van der Waals surface area contributed by atoms with Gasteiger partial charge in [-0.1, -0.05) is 6.07 Å². The normalized spacial score (nSPS) is 16.3. The topological polar surface area (TPSA) is 96.5 Å². The molecule has 29 heavy (non-hydrogen) atoms. The summed E-state index contributed by atoms with van der Waals surface area (Å²) in [5.41, 5.74) is 0.962. The lowest BCUT2D eigenvalue weighted by Crippen LogP contribution is -2.28. The van der Waals surface area contributed by atoms with Crippen molar-refractivity contribution in [3.63, 3.8) is 0 Å². The van der Waals surface area contributed by atoms with E-state index in [0.717, 1.165) is 0 Å². The number of halogens is 1. The highest BCUT2D eigenvalue weighted by molar-refractivity contribution is 6.07. The molecule has 150 valence electrons. The second kappa shape index (κ2) is 7.42. The van der Waals surface area contributed by atoms with E-state index in [0.29, 0.717) is 22.7 Å². The standard InChI is InChI=1S/C20H19FN4O4/c1-28-12-6-7-14(16(9-12)29-2)22-20(27)11-8-17(26)25(10-11)19-18-13(21)4-3-5-15(18)23-24-19/h3-7,9,11H,8,10H2,1-2H3,(H,22,27)(H,23,24)/t11-/m0/s1. The van der Waals surface area contributed by atoms with Gasteiger partial charge in [-0.2, -0.15) is 5.10 Å². The number of carbonyl (C=O) groups excluding carboxylic acids is 2. The fraction of sp³-hybridized carbons (Fsp3) is 0.250. The highest BCUT2D eigenvalue weighted by atomic mass is 19.1. The predicted molar refractivity (Wildman–Crippen MR) is 105 cm³/mol. The molecular weight excluding hydrogens is 379 g/mol. The molecule has 2 heterocycles. The Bertz CT molecular complexity index is 1100. The number of H-pyrrole nitrogens is 1. The highest BCUT2D eigenvalue weighted by Gasteiger charge is 2.37. The number of anilines is 2. The summed E-state index contributed by atoms with van der Waals surface area (Å²) in [4.78, 5) is 26.6. The molecule has 0 radical (unpaired) electrons. The van der Waals surface area contributed by atoms with Gasteiger partial charge in [0, 0.05) is 19.0 Å². The van der Waals surface area contributed by atoms with E-state index in [1.807, 2.05) is 0 Å². The van der Waals surface area contributed by atoms with Crippen molar-refractivity contribution in [2.24, 2.45) is 5.92 Å².